The first-order valence-corrected chi connectivity index (χ1v) is 5.21. The lowest BCUT2D eigenvalue weighted by Crippen LogP contribution is -2.31. The third-order valence-corrected chi connectivity index (χ3v) is 2.71. The Balaban J connectivity index is 2.03. The van der Waals surface area contributed by atoms with Gasteiger partial charge in [-0.05, 0) is 38.3 Å². The smallest absolute Gasteiger partial charge is 0.123 e. The summed E-state index contributed by atoms with van der Waals surface area (Å²) in [6.07, 6.45) is 3.54. The van der Waals surface area contributed by atoms with Gasteiger partial charge in [0.05, 0.1) is 12.1 Å². The van der Waals surface area contributed by atoms with E-state index in [2.05, 4.69) is 0 Å². The van der Waals surface area contributed by atoms with Gasteiger partial charge in [0, 0.05) is 6.61 Å². The van der Waals surface area contributed by atoms with Gasteiger partial charge in [-0.25, -0.2) is 0 Å². The van der Waals surface area contributed by atoms with E-state index in [4.69, 9.17) is 14.9 Å². The molecule has 0 bridgehead atoms. The summed E-state index contributed by atoms with van der Waals surface area (Å²) < 4.78 is 11.1. The van der Waals surface area contributed by atoms with Crippen LogP contribution in [0.3, 0.4) is 0 Å². The maximum Gasteiger partial charge on any atom is 0.123 e. The van der Waals surface area contributed by atoms with Gasteiger partial charge in [-0.2, -0.15) is 0 Å². The highest BCUT2D eigenvalue weighted by Gasteiger charge is 2.24. The molecule has 1 aliphatic rings. The van der Waals surface area contributed by atoms with Gasteiger partial charge in [0.1, 0.15) is 11.5 Å². The molecule has 1 saturated heterocycles. The number of ether oxygens (including phenoxy) is 1. The lowest BCUT2D eigenvalue weighted by molar-refractivity contribution is -0.00401. The molecule has 2 N–H and O–H groups in total. The second-order valence-electron chi connectivity index (χ2n) is 3.88. The van der Waals surface area contributed by atoms with Crippen LogP contribution in [0, 0.1) is 6.92 Å². The number of aryl methyl sites for hydroxylation is 1. The van der Waals surface area contributed by atoms with Crippen LogP contribution in [0.25, 0.3) is 0 Å². The topological polar surface area (TPSA) is 48.4 Å². The van der Waals surface area contributed by atoms with E-state index in [1.807, 2.05) is 19.1 Å². The van der Waals surface area contributed by atoms with Crippen molar-refractivity contribution >= 4 is 0 Å². The zero-order chi connectivity index (χ0) is 9.97. The summed E-state index contributed by atoms with van der Waals surface area (Å²) in [4.78, 5) is 0. The molecule has 1 aromatic rings. The molecule has 3 nitrogen and oxygen atoms in total. The summed E-state index contributed by atoms with van der Waals surface area (Å²) in [7, 11) is 0. The van der Waals surface area contributed by atoms with Crippen molar-refractivity contribution in [3.05, 3.63) is 23.7 Å². The second kappa shape index (κ2) is 4.15. The van der Waals surface area contributed by atoms with Crippen LogP contribution >= 0.6 is 0 Å². The van der Waals surface area contributed by atoms with Crippen LogP contribution in [-0.4, -0.2) is 12.7 Å². The Bertz CT molecular complexity index is 289. The maximum absolute atomic E-state index is 6.06. The first-order valence-electron chi connectivity index (χ1n) is 5.21. The summed E-state index contributed by atoms with van der Waals surface area (Å²) in [6, 6.07) is 3.78. The number of rotatable bonds is 2. The molecule has 0 aromatic carbocycles. The van der Waals surface area contributed by atoms with Gasteiger partial charge in [0.25, 0.3) is 0 Å². The van der Waals surface area contributed by atoms with Crippen LogP contribution in [0.2, 0.25) is 0 Å². The highest BCUT2D eigenvalue weighted by Crippen LogP contribution is 2.25. The highest BCUT2D eigenvalue weighted by atomic mass is 16.5. The molecular formula is C11H17NO2. The van der Waals surface area contributed by atoms with Crippen LogP contribution in [0.15, 0.2) is 16.5 Å². The summed E-state index contributed by atoms with van der Waals surface area (Å²) in [5.74, 6) is 1.75. The van der Waals surface area contributed by atoms with Crippen LogP contribution in [-0.2, 0) is 4.74 Å². The third kappa shape index (κ3) is 1.99. The van der Waals surface area contributed by atoms with Crippen molar-refractivity contribution in [2.45, 2.75) is 38.3 Å². The highest BCUT2D eigenvalue weighted by molar-refractivity contribution is 5.10. The van der Waals surface area contributed by atoms with Crippen molar-refractivity contribution in [1.29, 1.82) is 0 Å². The van der Waals surface area contributed by atoms with E-state index in [0.717, 1.165) is 31.0 Å². The van der Waals surface area contributed by atoms with Crippen molar-refractivity contribution in [3.8, 4) is 0 Å². The molecule has 78 valence electrons. The monoisotopic (exact) mass is 195 g/mol. The summed E-state index contributed by atoms with van der Waals surface area (Å²) >= 11 is 0. The molecule has 0 amide bonds. The van der Waals surface area contributed by atoms with Gasteiger partial charge in [-0.3, -0.25) is 0 Å². The molecule has 0 spiro atoms. The molecule has 3 heteroatoms. The first-order chi connectivity index (χ1) is 6.77. The summed E-state index contributed by atoms with van der Waals surface area (Å²) in [5.41, 5.74) is 6.06. The Hall–Kier alpha value is -0.800. The number of hydrogen-bond donors (Lipinski definition) is 1. The van der Waals surface area contributed by atoms with Gasteiger partial charge in [0.2, 0.25) is 0 Å². The van der Waals surface area contributed by atoms with Gasteiger partial charge < -0.3 is 14.9 Å². The average Bonchev–Trinajstić information content (AvgIpc) is 2.65. The third-order valence-electron chi connectivity index (χ3n) is 2.71. The number of hydrogen-bond acceptors (Lipinski definition) is 3. The zero-order valence-corrected chi connectivity index (χ0v) is 8.53. The Morgan fingerprint density at radius 2 is 2.29 bits per heavy atom. The number of nitrogens with two attached hydrogens (primary N) is 1. The second-order valence-corrected chi connectivity index (χ2v) is 3.88. The van der Waals surface area contributed by atoms with Crippen molar-refractivity contribution in [2.75, 3.05) is 6.61 Å². The molecule has 1 aliphatic heterocycles. The van der Waals surface area contributed by atoms with Crippen LogP contribution in [0.5, 0.6) is 0 Å². The molecule has 2 rings (SSSR count). The molecule has 2 unspecified atom stereocenters. The quantitative estimate of drug-likeness (QED) is 0.786. The minimum atomic E-state index is -0.107. The predicted molar refractivity (Wildman–Crippen MR) is 54.0 cm³/mol. The fourth-order valence-corrected chi connectivity index (χ4v) is 1.86. The van der Waals surface area contributed by atoms with Crippen LogP contribution in [0.4, 0.5) is 0 Å². The lowest BCUT2D eigenvalue weighted by atomic mass is 10.0. The lowest BCUT2D eigenvalue weighted by Gasteiger charge is -2.26. The van der Waals surface area contributed by atoms with Gasteiger partial charge >= 0.3 is 0 Å². The largest absolute Gasteiger partial charge is 0.465 e. The standard InChI is InChI=1S/C11H17NO2/c1-8-5-6-10(14-8)11(12)9-4-2-3-7-13-9/h5-6,9,11H,2-4,7,12H2,1H3. The Morgan fingerprint density at radius 1 is 1.43 bits per heavy atom. The first kappa shape index (κ1) is 9.74. The SMILES string of the molecule is Cc1ccc(C(N)C2CCCCO2)o1. The fraction of sp³-hybridized carbons (Fsp3) is 0.636. The Labute approximate surface area is 84.2 Å². The molecule has 0 saturated carbocycles. The maximum atomic E-state index is 6.06. The molecule has 1 fully saturated rings. The Morgan fingerprint density at radius 3 is 2.86 bits per heavy atom. The normalized spacial score (nSPS) is 24.9. The minimum Gasteiger partial charge on any atom is -0.465 e. The van der Waals surface area contributed by atoms with Gasteiger partial charge in [0.15, 0.2) is 0 Å². The number of furan rings is 1. The van der Waals surface area contributed by atoms with E-state index in [-0.39, 0.29) is 12.1 Å². The van der Waals surface area contributed by atoms with E-state index < -0.39 is 0 Å². The van der Waals surface area contributed by atoms with Crippen molar-refractivity contribution in [3.63, 3.8) is 0 Å². The molecule has 1 aromatic heterocycles. The minimum absolute atomic E-state index is 0.107. The van der Waals surface area contributed by atoms with Crippen molar-refractivity contribution in [1.82, 2.24) is 0 Å². The Kier molecular flexibility index (Phi) is 2.89. The van der Waals surface area contributed by atoms with Crippen LogP contribution in [0.1, 0.15) is 36.8 Å². The van der Waals surface area contributed by atoms with E-state index in [1.165, 1.54) is 6.42 Å². The molecule has 14 heavy (non-hydrogen) atoms. The van der Waals surface area contributed by atoms with Crippen molar-refractivity contribution in [2.24, 2.45) is 5.73 Å². The average molecular weight is 195 g/mol. The molecule has 0 radical (unpaired) electrons. The van der Waals surface area contributed by atoms with E-state index in [0.29, 0.717) is 0 Å². The van der Waals surface area contributed by atoms with Crippen LogP contribution < -0.4 is 5.73 Å². The molecule has 2 heterocycles. The predicted octanol–water partition coefficient (Wildman–Crippen LogP) is 2.16. The van der Waals surface area contributed by atoms with E-state index in [9.17, 15) is 0 Å². The fourth-order valence-electron chi connectivity index (χ4n) is 1.86. The van der Waals surface area contributed by atoms with E-state index in [1.54, 1.807) is 0 Å². The summed E-state index contributed by atoms with van der Waals surface area (Å²) in [5, 5.41) is 0. The molecule has 2 atom stereocenters. The van der Waals surface area contributed by atoms with Gasteiger partial charge in [-0.15, -0.1) is 0 Å². The van der Waals surface area contributed by atoms with Crippen molar-refractivity contribution < 1.29 is 9.15 Å². The zero-order valence-electron chi connectivity index (χ0n) is 8.53. The van der Waals surface area contributed by atoms with Gasteiger partial charge in [-0.1, -0.05) is 0 Å². The van der Waals surface area contributed by atoms with E-state index >= 15 is 0 Å². The molecule has 0 aliphatic carbocycles. The summed E-state index contributed by atoms with van der Waals surface area (Å²) in [6.45, 7) is 2.76. The molecular weight excluding hydrogens is 178 g/mol.